The first-order valence-corrected chi connectivity index (χ1v) is 9.85. The van der Waals surface area contributed by atoms with Crippen molar-refractivity contribution in [2.75, 3.05) is 6.61 Å². The van der Waals surface area contributed by atoms with Gasteiger partial charge in [0.15, 0.2) is 0 Å². The molecule has 2 saturated carbocycles. The van der Waals surface area contributed by atoms with Gasteiger partial charge in [-0.25, -0.2) is 8.42 Å². The lowest BCUT2D eigenvalue weighted by atomic mass is 9.87. The Morgan fingerprint density at radius 2 is 1.96 bits per heavy atom. The van der Waals surface area contributed by atoms with E-state index < -0.39 is 15.3 Å². The number of fused-ring (bicyclic) bond motifs is 2. The lowest BCUT2D eigenvalue weighted by Crippen LogP contribution is -2.39. The van der Waals surface area contributed by atoms with E-state index in [2.05, 4.69) is 4.72 Å². The van der Waals surface area contributed by atoms with Crippen LogP contribution >= 0.6 is 0 Å². The quantitative estimate of drug-likeness (QED) is 0.918. The molecule has 1 amide bonds. The maximum absolute atomic E-state index is 12.5. The molecule has 0 saturated heterocycles. The van der Waals surface area contributed by atoms with E-state index in [-0.39, 0.29) is 17.2 Å². The molecule has 1 aromatic rings. The van der Waals surface area contributed by atoms with Crippen LogP contribution < -0.4 is 9.46 Å². The van der Waals surface area contributed by atoms with E-state index in [4.69, 9.17) is 4.74 Å². The summed E-state index contributed by atoms with van der Waals surface area (Å²) in [4.78, 5) is 12.5. The van der Waals surface area contributed by atoms with Gasteiger partial charge in [0.1, 0.15) is 5.75 Å². The number of sulfonamides is 1. The summed E-state index contributed by atoms with van der Waals surface area (Å²) < 4.78 is 32.7. The fourth-order valence-corrected chi connectivity index (χ4v) is 5.74. The first kappa shape index (κ1) is 15.0. The highest BCUT2D eigenvalue weighted by molar-refractivity contribution is 7.90. The summed E-state index contributed by atoms with van der Waals surface area (Å²) in [7, 11) is -3.53. The van der Waals surface area contributed by atoms with Crippen molar-refractivity contribution in [3.8, 4) is 5.75 Å². The third-order valence-electron chi connectivity index (χ3n) is 5.60. The molecule has 4 rings (SSSR count). The SMILES string of the molecule is O=C(NS(=O)(=O)C1CCCC1)[C@@H]1C[C@]12CCOc1ccccc12. The zero-order valence-electron chi connectivity index (χ0n) is 13.0. The minimum Gasteiger partial charge on any atom is -0.493 e. The van der Waals surface area contributed by atoms with Crippen LogP contribution in [0.1, 0.15) is 44.1 Å². The van der Waals surface area contributed by atoms with Crippen LogP contribution in [0.15, 0.2) is 24.3 Å². The molecular formula is C17H21NO4S. The third-order valence-corrected chi connectivity index (χ3v) is 7.44. The number of carbonyl (C=O) groups excluding carboxylic acids is 1. The Kier molecular flexibility index (Phi) is 3.41. The van der Waals surface area contributed by atoms with Gasteiger partial charge in [-0.2, -0.15) is 0 Å². The predicted octanol–water partition coefficient (Wildman–Crippen LogP) is 2.12. The number of carbonyl (C=O) groups is 1. The van der Waals surface area contributed by atoms with Gasteiger partial charge in [0.05, 0.1) is 11.9 Å². The fraction of sp³-hybridized carbons (Fsp3) is 0.588. The van der Waals surface area contributed by atoms with Gasteiger partial charge in [-0.15, -0.1) is 0 Å². The zero-order chi connectivity index (χ0) is 16.1. The minimum atomic E-state index is -3.53. The lowest BCUT2D eigenvalue weighted by Gasteiger charge is -2.26. The summed E-state index contributed by atoms with van der Waals surface area (Å²) >= 11 is 0. The number of para-hydroxylation sites is 1. The average molecular weight is 335 g/mol. The van der Waals surface area contributed by atoms with E-state index >= 15 is 0 Å². The fourth-order valence-electron chi connectivity index (χ4n) is 4.20. The lowest BCUT2D eigenvalue weighted by molar-refractivity contribution is -0.121. The van der Waals surface area contributed by atoms with Gasteiger partial charge in [-0.1, -0.05) is 31.0 Å². The largest absolute Gasteiger partial charge is 0.493 e. The number of hydrogen-bond acceptors (Lipinski definition) is 4. The van der Waals surface area contributed by atoms with Crippen LogP contribution in [-0.2, 0) is 20.2 Å². The van der Waals surface area contributed by atoms with E-state index in [0.717, 1.165) is 30.6 Å². The first-order chi connectivity index (χ1) is 11.0. The molecule has 3 aliphatic rings. The van der Waals surface area contributed by atoms with E-state index in [0.29, 0.717) is 25.9 Å². The predicted molar refractivity (Wildman–Crippen MR) is 85.7 cm³/mol. The molecule has 5 nitrogen and oxygen atoms in total. The smallest absolute Gasteiger partial charge is 0.237 e. The number of rotatable bonds is 3. The van der Waals surface area contributed by atoms with Crippen molar-refractivity contribution in [2.45, 2.75) is 49.2 Å². The van der Waals surface area contributed by atoms with E-state index in [1.165, 1.54) is 0 Å². The summed E-state index contributed by atoms with van der Waals surface area (Å²) in [6.45, 7) is 0.580. The second kappa shape index (κ2) is 5.23. The Morgan fingerprint density at radius 3 is 2.74 bits per heavy atom. The second-order valence-corrected chi connectivity index (χ2v) is 8.89. The maximum Gasteiger partial charge on any atom is 0.237 e. The second-order valence-electron chi connectivity index (χ2n) is 6.93. The van der Waals surface area contributed by atoms with Crippen molar-refractivity contribution in [3.05, 3.63) is 29.8 Å². The molecule has 1 aliphatic heterocycles. The number of hydrogen-bond donors (Lipinski definition) is 1. The molecule has 0 aromatic heterocycles. The molecule has 2 fully saturated rings. The van der Waals surface area contributed by atoms with Gasteiger partial charge < -0.3 is 4.74 Å². The Morgan fingerprint density at radius 1 is 1.22 bits per heavy atom. The molecule has 1 N–H and O–H groups in total. The van der Waals surface area contributed by atoms with Crippen molar-refractivity contribution in [1.29, 1.82) is 0 Å². The summed E-state index contributed by atoms with van der Waals surface area (Å²) in [5, 5.41) is -0.400. The minimum absolute atomic E-state index is 0.232. The van der Waals surface area contributed by atoms with Crippen LogP contribution in [0, 0.1) is 5.92 Å². The molecule has 23 heavy (non-hydrogen) atoms. The molecule has 2 aliphatic carbocycles. The monoisotopic (exact) mass is 335 g/mol. The van der Waals surface area contributed by atoms with Gasteiger partial charge in [-0.05, 0) is 31.7 Å². The van der Waals surface area contributed by atoms with E-state index in [1.54, 1.807) is 0 Å². The van der Waals surface area contributed by atoms with Crippen molar-refractivity contribution >= 4 is 15.9 Å². The Bertz CT molecular complexity index is 739. The van der Waals surface area contributed by atoms with Crippen molar-refractivity contribution < 1.29 is 17.9 Å². The maximum atomic E-state index is 12.5. The standard InChI is InChI=1S/C17H21NO4S/c19-16(18-23(20,21)12-5-1-2-6-12)14-11-17(14)9-10-22-15-8-4-3-7-13(15)17/h3-4,7-8,12,14H,1-2,5-6,9-11H2,(H,18,19)/t14-,17-/m0/s1. The zero-order valence-corrected chi connectivity index (χ0v) is 13.8. The molecule has 0 radical (unpaired) electrons. The molecule has 1 heterocycles. The van der Waals surface area contributed by atoms with Crippen LogP contribution in [0.4, 0.5) is 0 Å². The van der Waals surface area contributed by atoms with Crippen LogP contribution in [0.3, 0.4) is 0 Å². The van der Waals surface area contributed by atoms with Crippen molar-refractivity contribution in [1.82, 2.24) is 4.72 Å². The molecule has 1 aromatic carbocycles. The summed E-state index contributed by atoms with van der Waals surface area (Å²) in [6.07, 6.45) is 4.66. The van der Waals surface area contributed by atoms with E-state index in [9.17, 15) is 13.2 Å². The van der Waals surface area contributed by atoms with Crippen LogP contribution in [-0.4, -0.2) is 26.2 Å². The van der Waals surface area contributed by atoms with Gasteiger partial charge >= 0.3 is 0 Å². The molecule has 2 atom stereocenters. The molecule has 1 spiro atoms. The molecule has 0 unspecified atom stereocenters. The number of nitrogens with one attached hydrogen (secondary N) is 1. The first-order valence-electron chi connectivity index (χ1n) is 8.31. The normalized spacial score (nSPS) is 29.8. The summed E-state index contributed by atoms with van der Waals surface area (Å²) in [5.41, 5.74) is 0.814. The topological polar surface area (TPSA) is 72.5 Å². The highest BCUT2D eigenvalue weighted by Crippen LogP contribution is 2.60. The third kappa shape index (κ3) is 2.43. The number of benzene rings is 1. The molecule has 0 bridgehead atoms. The van der Waals surface area contributed by atoms with Gasteiger partial charge in [0.2, 0.25) is 15.9 Å². The Balaban J connectivity index is 1.52. The van der Waals surface area contributed by atoms with Crippen LogP contribution in [0.2, 0.25) is 0 Å². The Labute approximate surface area is 136 Å². The van der Waals surface area contributed by atoms with Crippen molar-refractivity contribution in [2.24, 2.45) is 5.92 Å². The summed E-state index contributed by atoms with van der Waals surface area (Å²) in [6, 6.07) is 7.77. The van der Waals surface area contributed by atoms with E-state index in [1.807, 2.05) is 24.3 Å². The molecule has 6 heteroatoms. The van der Waals surface area contributed by atoms with Crippen LogP contribution in [0.25, 0.3) is 0 Å². The average Bonchev–Trinajstić information content (AvgIpc) is 2.98. The number of ether oxygens (including phenoxy) is 1. The van der Waals surface area contributed by atoms with Gasteiger partial charge in [-0.3, -0.25) is 9.52 Å². The summed E-state index contributed by atoms with van der Waals surface area (Å²) in [5.74, 6) is 0.227. The van der Waals surface area contributed by atoms with Crippen molar-refractivity contribution in [3.63, 3.8) is 0 Å². The highest BCUT2D eigenvalue weighted by atomic mass is 32.2. The Hall–Kier alpha value is -1.56. The van der Waals surface area contributed by atoms with Gasteiger partial charge in [0, 0.05) is 16.9 Å². The number of amides is 1. The van der Waals surface area contributed by atoms with Crippen LogP contribution in [0.5, 0.6) is 5.75 Å². The van der Waals surface area contributed by atoms with Gasteiger partial charge in [0.25, 0.3) is 0 Å². The molecular weight excluding hydrogens is 314 g/mol. The highest BCUT2D eigenvalue weighted by Gasteiger charge is 2.61. The molecule has 124 valence electrons.